The smallest absolute Gasteiger partial charge is 0.197 e. The highest BCUT2D eigenvalue weighted by Crippen LogP contribution is 2.25. The molecule has 2 aromatic carbocycles. The number of nitrogens with one attached hydrogen (secondary N) is 1. The maximum Gasteiger partial charge on any atom is 0.197 e. The number of halogens is 2. The van der Waals surface area contributed by atoms with Crippen LogP contribution in [0.5, 0.6) is 0 Å². The second-order valence-corrected chi connectivity index (χ2v) is 4.76. The topological polar surface area (TPSA) is 38.1 Å². The van der Waals surface area contributed by atoms with Gasteiger partial charge in [0.1, 0.15) is 17.2 Å². The lowest BCUT2D eigenvalue weighted by Gasteiger charge is -2.16. The summed E-state index contributed by atoms with van der Waals surface area (Å²) < 4.78 is 33.3. The summed E-state index contributed by atoms with van der Waals surface area (Å²) in [4.78, 5) is 4.33. The Bertz CT molecular complexity index is 717. The van der Waals surface area contributed by atoms with Gasteiger partial charge in [0.2, 0.25) is 0 Å². The molecule has 1 N–H and O–H groups in total. The Hall–Kier alpha value is -2.27. The minimum absolute atomic E-state index is 0.00209. The number of oxazole rings is 1. The Morgan fingerprint density at radius 1 is 1.10 bits per heavy atom. The van der Waals surface area contributed by atoms with E-state index in [0.29, 0.717) is 11.5 Å². The summed E-state index contributed by atoms with van der Waals surface area (Å²) in [6.45, 7) is 0. The minimum atomic E-state index is -0.578. The quantitative estimate of drug-likeness (QED) is 0.797. The van der Waals surface area contributed by atoms with Crippen molar-refractivity contribution in [1.29, 1.82) is 0 Å². The number of aromatic nitrogens is 1. The van der Waals surface area contributed by atoms with E-state index in [4.69, 9.17) is 4.42 Å². The Morgan fingerprint density at radius 3 is 2.48 bits per heavy atom. The molecule has 0 radical (unpaired) electrons. The molecule has 0 amide bonds. The molecule has 1 atom stereocenters. The first kappa shape index (κ1) is 13.7. The van der Waals surface area contributed by atoms with Gasteiger partial charge in [-0.3, -0.25) is 0 Å². The number of benzene rings is 2. The van der Waals surface area contributed by atoms with Gasteiger partial charge in [-0.2, -0.15) is 0 Å². The molecule has 3 rings (SSSR count). The zero-order chi connectivity index (χ0) is 14.8. The lowest BCUT2D eigenvalue weighted by atomic mass is 10.0. The molecule has 0 spiro atoms. The van der Waals surface area contributed by atoms with Crippen LogP contribution in [0, 0.1) is 11.6 Å². The molecule has 1 heterocycles. The van der Waals surface area contributed by atoms with Crippen molar-refractivity contribution in [2.45, 2.75) is 12.5 Å². The second kappa shape index (κ2) is 5.61. The van der Waals surface area contributed by atoms with Gasteiger partial charge in [0.25, 0.3) is 0 Å². The highest BCUT2D eigenvalue weighted by molar-refractivity contribution is 5.72. The number of likely N-dealkylation sites (N-methyl/N-ethyl adjacent to an activating group) is 1. The molecule has 0 saturated carbocycles. The number of hydrogen-bond acceptors (Lipinski definition) is 3. The maximum absolute atomic E-state index is 13.9. The molecule has 1 aromatic heterocycles. The Labute approximate surface area is 120 Å². The van der Waals surface area contributed by atoms with E-state index in [2.05, 4.69) is 10.3 Å². The monoisotopic (exact) mass is 288 g/mol. The predicted octanol–water partition coefficient (Wildman–Crippen LogP) is 3.61. The predicted molar refractivity (Wildman–Crippen MR) is 75.9 cm³/mol. The molecule has 21 heavy (non-hydrogen) atoms. The van der Waals surface area contributed by atoms with Crippen molar-refractivity contribution in [1.82, 2.24) is 10.3 Å². The zero-order valence-electron chi connectivity index (χ0n) is 11.4. The molecule has 0 fully saturated rings. The van der Waals surface area contributed by atoms with Crippen LogP contribution in [0.3, 0.4) is 0 Å². The van der Waals surface area contributed by atoms with E-state index >= 15 is 0 Å². The molecular weight excluding hydrogens is 274 g/mol. The first-order chi connectivity index (χ1) is 10.2. The average Bonchev–Trinajstić information content (AvgIpc) is 2.88. The van der Waals surface area contributed by atoms with Crippen molar-refractivity contribution in [3.63, 3.8) is 0 Å². The minimum Gasteiger partial charge on any atom is -0.441 e. The van der Waals surface area contributed by atoms with Crippen molar-refractivity contribution >= 4 is 11.1 Å². The lowest BCUT2D eigenvalue weighted by molar-refractivity contribution is 0.443. The third-order valence-electron chi connectivity index (χ3n) is 3.41. The summed E-state index contributed by atoms with van der Waals surface area (Å²) >= 11 is 0. The summed E-state index contributed by atoms with van der Waals surface area (Å²) in [5.41, 5.74) is 1.40. The van der Waals surface area contributed by atoms with Gasteiger partial charge in [0, 0.05) is 18.0 Å². The van der Waals surface area contributed by atoms with Crippen molar-refractivity contribution in [2.24, 2.45) is 0 Å². The van der Waals surface area contributed by atoms with Crippen molar-refractivity contribution in [3.05, 3.63) is 65.6 Å². The summed E-state index contributed by atoms with van der Waals surface area (Å²) in [6, 6.07) is 10.7. The van der Waals surface area contributed by atoms with Crippen LogP contribution in [0.1, 0.15) is 17.5 Å². The van der Waals surface area contributed by atoms with Crippen LogP contribution in [0.25, 0.3) is 11.1 Å². The van der Waals surface area contributed by atoms with E-state index in [1.54, 1.807) is 7.05 Å². The molecule has 3 aromatic rings. The number of hydrogen-bond donors (Lipinski definition) is 1. The number of nitrogens with zero attached hydrogens (tertiary/aromatic N) is 1. The molecule has 0 aliphatic rings. The van der Waals surface area contributed by atoms with Crippen LogP contribution in [0.4, 0.5) is 8.78 Å². The highest BCUT2D eigenvalue weighted by Gasteiger charge is 2.21. The third-order valence-corrected chi connectivity index (χ3v) is 3.41. The van der Waals surface area contributed by atoms with Gasteiger partial charge in [0.15, 0.2) is 11.5 Å². The number of para-hydroxylation sites is 2. The fraction of sp³-hybridized carbons (Fsp3) is 0.188. The van der Waals surface area contributed by atoms with Crippen LogP contribution >= 0.6 is 0 Å². The normalized spacial score (nSPS) is 12.7. The van der Waals surface area contributed by atoms with Crippen LogP contribution in [0.15, 0.2) is 46.9 Å². The molecule has 5 heteroatoms. The summed E-state index contributed by atoms with van der Waals surface area (Å²) in [5.74, 6) is -0.714. The first-order valence-corrected chi connectivity index (χ1v) is 6.64. The van der Waals surface area contributed by atoms with E-state index in [1.165, 1.54) is 18.2 Å². The standard InChI is InChI=1S/C16H14F2N2O/c1-19-13(16-10(17)5-4-6-11(16)18)9-15-20-12-7-2-3-8-14(12)21-15/h2-8,13,19H,9H2,1H3. The fourth-order valence-corrected chi connectivity index (χ4v) is 2.37. The molecule has 0 saturated heterocycles. The molecule has 0 aliphatic heterocycles. The Morgan fingerprint density at radius 2 is 1.81 bits per heavy atom. The van der Waals surface area contributed by atoms with Crippen LogP contribution < -0.4 is 5.32 Å². The second-order valence-electron chi connectivity index (χ2n) is 4.76. The molecular formula is C16H14F2N2O. The largest absolute Gasteiger partial charge is 0.441 e. The lowest BCUT2D eigenvalue weighted by Crippen LogP contribution is -2.21. The van der Waals surface area contributed by atoms with Gasteiger partial charge in [-0.25, -0.2) is 13.8 Å². The van der Waals surface area contributed by atoms with E-state index < -0.39 is 17.7 Å². The van der Waals surface area contributed by atoms with E-state index in [9.17, 15) is 8.78 Å². The summed E-state index contributed by atoms with van der Waals surface area (Å²) in [6.07, 6.45) is 0.267. The van der Waals surface area contributed by atoms with Gasteiger partial charge in [-0.05, 0) is 31.3 Å². The van der Waals surface area contributed by atoms with Gasteiger partial charge < -0.3 is 9.73 Å². The Kier molecular flexibility index (Phi) is 3.66. The first-order valence-electron chi connectivity index (χ1n) is 6.64. The molecule has 0 aliphatic carbocycles. The van der Waals surface area contributed by atoms with Gasteiger partial charge in [-0.1, -0.05) is 18.2 Å². The van der Waals surface area contributed by atoms with Gasteiger partial charge >= 0.3 is 0 Å². The van der Waals surface area contributed by atoms with Crippen LogP contribution in [0.2, 0.25) is 0 Å². The molecule has 108 valence electrons. The number of rotatable bonds is 4. The van der Waals surface area contributed by atoms with Crippen molar-refractivity contribution in [3.8, 4) is 0 Å². The molecule has 0 bridgehead atoms. The summed E-state index contributed by atoms with van der Waals surface area (Å²) in [5, 5.41) is 2.91. The fourth-order valence-electron chi connectivity index (χ4n) is 2.37. The average molecular weight is 288 g/mol. The van der Waals surface area contributed by atoms with Crippen LogP contribution in [-0.2, 0) is 6.42 Å². The van der Waals surface area contributed by atoms with E-state index in [0.717, 1.165) is 5.52 Å². The highest BCUT2D eigenvalue weighted by atomic mass is 19.1. The van der Waals surface area contributed by atoms with Gasteiger partial charge in [0.05, 0.1) is 0 Å². The maximum atomic E-state index is 13.9. The van der Waals surface area contributed by atoms with Gasteiger partial charge in [-0.15, -0.1) is 0 Å². The molecule has 1 unspecified atom stereocenters. The van der Waals surface area contributed by atoms with Crippen molar-refractivity contribution in [2.75, 3.05) is 7.05 Å². The SMILES string of the molecule is CNC(Cc1nc2ccccc2o1)c1c(F)cccc1F. The third kappa shape index (κ3) is 2.64. The summed E-state index contributed by atoms with van der Waals surface area (Å²) in [7, 11) is 1.65. The zero-order valence-corrected chi connectivity index (χ0v) is 11.4. The van der Waals surface area contributed by atoms with Crippen LogP contribution in [-0.4, -0.2) is 12.0 Å². The van der Waals surface area contributed by atoms with E-state index in [1.807, 2.05) is 24.3 Å². The Balaban J connectivity index is 1.94. The number of fused-ring (bicyclic) bond motifs is 1. The molecule has 3 nitrogen and oxygen atoms in total. The van der Waals surface area contributed by atoms with Crippen molar-refractivity contribution < 1.29 is 13.2 Å². The van der Waals surface area contributed by atoms with E-state index in [-0.39, 0.29) is 12.0 Å².